The fourth-order valence-corrected chi connectivity index (χ4v) is 8.54. The van der Waals surface area contributed by atoms with Crippen molar-refractivity contribution in [3.8, 4) is 16.9 Å². The predicted molar refractivity (Wildman–Crippen MR) is 179 cm³/mol. The lowest BCUT2D eigenvalue weighted by molar-refractivity contribution is -0.140. The average Bonchev–Trinajstić information content (AvgIpc) is 3.99. The molecular weight excluding hydrogens is 632 g/mol. The molecule has 4 bridgehead atoms. The Labute approximate surface area is 280 Å². The molecule has 11 nitrogen and oxygen atoms in total. The lowest BCUT2D eigenvalue weighted by atomic mass is 9.93. The maximum atomic E-state index is 14.0. The number of sulfonamides is 1. The van der Waals surface area contributed by atoms with Crippen molar-refractivity contribution in [2.45, 2.75) is 61.8 Å². The third-order valence-corrected chi connectivity index (χ3v) is 12.0. The summed E-state index contributed by atoms with van der Waals surface area (Å²) in [6.45, 7) is 4.68. The number of allylic oxidation sites excluding steroid dienone is 1. The molecule has 7 rings (SSSR count). The number of nitrogens with zero attached hydrogens (tertiary/aromatic N) is 2. The van der Waals surface area contributed by atoms with Gasteiger partial charge in [0.15, 0.2) is 0 Å². The quantitative estimate of drug-likeness (QED) is 0.381. The SMILES string of the molecule is C=C[C@H]1C[C@]1(NC(=O)[C@@H]1C[C@@H]2C[C@H]1C(=O)N(C)CCC/C=C\COc1ccc3c(c1)/C(=N/O2)c1ccccc1-3)C(=O)NS(=O)(=O)C1CC1. The molecule has 0 unspecified atom stereocenters. The van der Waals surface area contributed by atoms with Gasteiger partial charge in [-0.1, -0.05) is 47.6 Å². The van der Waals surface area contributed by atoms with Gasteiger partial charge in [0, 0.05) is 30.6 Å². The van der Waals surface area contributed by atoms with Crippen molar-refractivity contribution < 1.29 is 32.4 Å². The van der Waals surface area contributed by atoms with Crippen LogP contribution in [0.4, 0.5) is 0 Å². The zero-order chi connectivity index (χ0) is 33.6. The van der Waals surface area contributed by atoms with E-state index in [1.54, 1.807) is 18.0 Å². The number of carbonyl (C=O) groups excluding carboxylic acids is 3. The van der Waals surface area contributed by atoms with Crippen molar-refractivity contribution >= 4 is 33.5 Å². The number of rotatable bonds is 6. The first-order valence-electron chi connectivity index (χ1n) is 16.6. The van der Waals surface area contributed by atoms with Crippen LogP contribution in [0, 0.1) is 17.8 Å². The summed E-state index contributed by atoms with van der Waals surface area (Å²) in [7, 11) is -2.09. The highest BCUT2D eigenvalue weighted by Crippen LogP contribution is 2.47. The van der Waals surface area contributed by atoms with Gasteiger partial charge in [0.25, 0.3) is 5.91 Å². The van der Waals surface area contributed by atoms with E-state index in [4.69, 9.17) is 9.57 Å². The number of carbonyl (C=O) groups is 3. The summed E-state index contributed by atoms with van der Waals surface area (Å²) >= 11 is 0. The summed E-state index contributed by atoms with van der Waals surface area (Å²) in [5.74, 6) is -2.69. The normalized spacial score (nSPS) is 29.9. The van der Waals surface area contributed by atoms with Crippen LogP contribution >= 0.6 is 0 Å². The second kappa shape index (κ2) is 12.5. The van der Waals surface area contributed by atoms with Crippen molar-refractivity contribution in [3.63, 3.8) is 0 Å². The molecule has 1 heterocycles. The summed E-state index contributed by atoms with van der Waals surface area (Å²) in [5, 5.41) is 6.91. The maximum absolute atomic E-state index is 14.0. The van der Waals surface area contributed by atoms with Gasteiger partial charge in [-0.15, -0.1) is 6.58 Å². The molecule has 4 aliphatic carbocycles. The molecule has 252 valence electrons. The highest BCUT2D eigenvalue weighted by atomic mass is 32.2. The molecule has 0 aromatic heterocycles. The van der Waals surface area contributed by atoms with Crippen LogP contribution in [0.2, 0.25) is 0 Å². The van der Waals surface area contributed by atoms with E-state index in [2.05, 4.69) is 21.8 Å². The van der Waals surface area contributed by atoms with Crippen LogP contribution in [0.3, 0.4) is 0 Å². The first-order chi connectivity index (χ1) is 23.1. The monoisotopic (exact) mass is 672 g/mol. The van der Waals surface area contributed by atoms with Crippen molar-refractivity contribution in [3.05, 3.63) is 78.4 Å². The Morgan fingerprint density at radius 3 is 2.58 bits per heavy atom. The third-order valence-electron chi connectivity index (χ3n) is 10.2. The van der Waals surface area contributed by atoms with E-state index < -0.39 is 56.5 Å². The summed E-state index contributed by atoms with van der Waals surface area (Å²) in [6.07, 6.45) is 8.16. The molecule has 0 radical (unpaired) electrons. The minimum absolute atomic E-state index is 0.186. The molecule has 48 heavy (non-hydrogen) atoms. The highest BCUT2D eigenvalue weighted by molar-refractivity contribution is 7.91. The highest BCUT2D eigenvalue weighted by Gasteiger charge is 2.62. The van der Waals surface area contributed by atoms with E-state index in [0.717, 1.165) is 35.1 Å². The first-order valence-corrected chi connectivity index (χ1v) is 18.2. The van der Waals surface area contributed by atoms with Crippen molar-refractivity contribution in [1.82, 2.24) is 14.9 Å². The molecule has 5 atom stereocenters. The molecular formula is C36H40N4O7S. The fourth-order valence-electron chi connectivity index (χ4n) is 7.18. The number of benzene rings is 2. The van der Waals surface area contributed by atoms with Gasteiger partial charge in [-0.25, -0.2) is 8.42 Å². The van der Waals surface area contributed by atoms with Crippen LogP contribution in [0.15, 0.2) is 72.4 Å². The fraction of sp³-hybridized carbons (Fsp3) is 0.444. The van der Waals surface area contributed by atoms with E-state index in [1.807, 2.05) is 54.6 Å². The minimum Gasteiger partial charge on any atom is -0.490 e. The Bertz CT molecular complexity index is 1830. The van der Waals surface area contributed by atoms with Gasteiger partial charge in [0.2, 0.25) is 21.8 Å². The van der Waals surface area contributed by atoms with E-state index in [0.29, 0.717) is 37.5 Å². The summed E-state index contributed by atoms with van der Waals surface area (Å²) < 4.78 is 33.4. The van der Waals surface area contributed by atoms with Gasteiger partial charge in [0.05, 0.1) is 17.1 Å². The van der Waals surface area contributed by atoms with E-state index in [9.17, 15) is 22.8 Å². The lowest BCUT2D eigenvalue weighted by Gasteiger charge is -2.26. The zero-order valence-corrected chi connectivity index (χ0v) is 27.7. The van der Waals surface area contributed by atoms with Crippen LogP contribution in [0.25, 0.3) is 11.1 Å². The summed E-state index contributed by atoms with van der Waals surface area (Å²) in [6, 6.07) is 13.9. The van der Waals surface area contributed by atoms with Crippen LogP contribution in [-0.4, -0.2) is 73.8 Å². The van der Waals surface area contributed by atoms with Gasteiger partial charge in [-0.05, 0) is 74.3 Å². The van der Waals surface area contributed by atoms with E-state index in [1.165, 1.54) is 0 Å². The Hall–Kier alpha value is -4.45. The van der Waals surface area contributed by atoms with Crippen LogP contribution in [0.5, 0.6) is 5.75 Å². The van der Waals surface area contributed by atoms with Gasteiger partial charge in [-0.2, -0.15) is 0 Å². The van der Waals surface area contributed by atoms with Crippen molar-refractivity contribution in [1.29, 1.82) is 0 Å². The lowest BCUT2D eigenvalue weighted by Crippen LogP contribution is -2.54. The van der Waals surface area contributed by atoms with Gasteiger partial charge in [-0.3, -0.25) is 19.1 Å². The molecule has 12 heteroatoms. The summed E-state index contributed by atoms with van der Waals surface area (Å²) in [5.41, 5.74) is 3.04. The number of amides is 3. The van der Waals surface area contributed by atoms with Gasteiger partial charge in [0.1, 0.15) is 29.7 Å². The Balaban J connectivity index is 1.17. The second-order valence-corrected chi connectivity index (χ2v) is 15.4. The molecule has 0 saturated heterocycles. The number of hydrogen-bond acceptors (Lipinski definition) is 8. The molecule has 3 fully saturated rings. The van der Waals surface area contributed by atoms with E-state index >= 15 is 0 Å². The third kappa shape index (κ3) is 6.02. The molecule has 3 amide bonds. The molecule has 5 aliphatic rings. The van der Waals surface area contributed by atoms with Crippen LogP contribution < -0.4 is 14.8 Å². The second-order valence-electron chi connectivity index (χ2n) is 13.5. The number of oxime groups is 1. The minimum atomic E-state index is -3.82. The maximum Gasteiger partial charge on any atom is 0.259 e. The number of nitrogens with one attached hydrogen (secondary N) is 2. The Kier molecular flexibility index (Phi) is 8.39. The first kappa shape index (κ1) is 32.1. The molecule has 0 spiro atoms. The van der Waals surface area contributed by atoms with Gasteiger partial charge >= 0.3 is 0 Å². The largest absolute Gasteiger partial charge is 0.490 e. The number of fused-ring (bicyclic) bond motifs is 6. The molecule has 3 saturated carbocycles. The average molecular weight is 673 g/mol. The number of hydrogen-bond donors (Lipinski definition) is 2. The van der Waals surface area contributed by atoms with Crippen LogP contribution in [0.1, 0.15) is 56.1 Å². The molecule has 2 N–H and O–H groups in total. The Morgan fingerprint density at radius 1 is 1.06 bits per heavy atom. The van der Waals surface area contributed by atoms with Gasteiger partial charge < -0.3 is 19.8 Å². The van der Waals surface area contributed by atoms with Crippen molar-refractivity contribution in [2.24, 2.45) is 22.9 Å². The molecule has 2 aromatic rings. The molecule has 2 aromatic carbocycles. The Morgan fingerprint density at radius 2 is 1.83 bits per heavy atom. The molecule has 1 aliphatic heterocycles. The van der Waals surface area contributed by atoms with Crippen LogP contribution in [-0.2, 0) is 29.2 Å². The summed E-state index contributed by atoms with van der Waals surface area (Å²) in [4.78, 5) is 49.1. The van der Waals surface area contributed by atoms with Crippen molar-refractivity contribution in [2.75, 3.05) is 20.2 Å². The smallest absolute Gasteiger partial charge is 0.259 e. The predicted octanol–water partition coefficient (Wildman–Crippen LogP) is 3.69. The standard InChI is InChI=1S/C36H40N4O7S/c1-3-22-21-36(22,35(43)39-48(44,45)25-13-14-25)37-33(41)30-19-24-20-31(30)34(42)40(2)16-8-4-5-9-17-46-23-12-15-27-26-10-6-7-11-28(26)32(38-47-24)29(27)18-23/h3,5-7,9-12,15,18,22,24-25,30-31H,1,4,8,13-14,16-17,19-21H2,2H3,(H,37,41)(H,39,43)/b9-5-,38-32+/t22-,24+,30+,31+,36+/m0/s1. The topological polar surface area (TPSA) is 143 Å². The van der Waals surface area contributed by atoms with E-state index in [-0.39, 0.29) is 25.2 Å². The zero-order valence-electron chi connectivity index (χ0n) is 26.9. The number of ether oxygens (including phenoxy) is 1.